The van der Waals surface area contributed by atoms with E-state index in [1.165, 1.54) is 0 Å². The Morgan fingerprint density at radius 1 is 1.57 bits per heavy atom. The number of hydrogen-bond donors (Lipinski definition) is 0. The van der Waals surface area contributed by atoms with Gasteiger partial charge in [-0.3, -0.25) is 0 Å². The van der Waals surface area contributed by atoms with E-state index in [9.17, 15) is 0 Å². The molecule has 5 heteroatoms. The second-order valence-corrected chi connectivity index (χ2v) is 3.86. The molecule has 5 nitrogen and oxygen atoms in total. The van der Waals surface area contributed by atoms with Crippen molar-refractivity contribution in [2.24, 2.45) is 17.0 Å². The first-order valence-electron chi connectivity index (χ1n) is 4.85. The standard InChI is InChI=1S/C9H17N3O2/c1-6-4-14-8(5-13-3)9(7(6)2)11-12-10/h6-9H,4-5H2,1-3H3/t6?,7-,8?,9-/m1/s1. The van der Waals surface area contributed by atoms with E-state index < -0.39 is 0 Å². The van der Waals surface area contributed by atoms with Crippen LogP contribution in [-0.2, 0) is 9.47 Å². The smallest absolute Gasteiger partial charge is 0.0895 e. The lowest BCUT2D eigenvalue weighted by molar-refractivity contribution is -0.0812. The summed E-state index contributed by atoms with van der Waals surface area (Å²) >= 11 is 0. The maximum absolute atomic E-state index is 8.47. The highest BCUT2D eigenvalue weighted by molar-refractivity contribution is 4.88. The van der Waals surface area contributed by atoms with E-state index in [1.54, 1.807) is 7.11 Å². The molecule has 0 bridgehead atoms. The van der Waals surface area contributed by atoms with Crippen molar-refractivity contribution in [2.45, 2.75) is 26.0 Å². The molecule has 0 aromatic rings. The molecule has 4 atom stereocenters. The minimum atomic E-state index is -0.108. The molecule has 0 spiro atoms. The molecule has 0 aliphatic carbocycles. The average molecular weight is 199 g/mol. The molecule has 2 unspecified atom stereocenters. The average Bonchev–Trinajstić information content (AvgIpc) is 2.18. The van der Waals surface area contributed by atoms with E-state index in [1.807, 2.05) is 0 Å². The summed E-state index contributed by atoms with van der Waals surface area (Å²) in [4.78, 5) is 2.87. The van der Waals surface area contributed by atoms with Crippen LogP contribution in [0.4, 0.5) is 0 Å². The van der Waals surface area contributed by atoms with Gasteiger partial charge in [0, 0.05) is 18.6 Å². The molecule has 0 amide bonds. The third kappa shape index (κ3) is 2.38. The molecule has 1 saturated heterocycles. The van der Waals surface area contributed by atoms with Crippen LogP contribution in [0.3, 0.4) is 0 Å². The Labute approximate surface area is 84.0 Å². The lowest BCUT2D eigenvalue weighted by atomic mass is 9.84. The molecular formula is C9H17N3O2. The van der Waals surface area contributed by atoms with Crippen molar-refractivity contribution in [3.8, 4) is 0 Å². The number of hydrogen-bond acceptors (Lipinski definition) is 3. The van der Waals surface area contributed by atoms with Crippen LogP contribution in [0.1, 0.15) is 13.8 Å². The van der Waals surface area contributed by atoms with E-state index in [4.69, 9.17) is 15.0 Å². The molecule has 80 valence electrons. The molecule has 0 aromatic heterocycles. The van der Waals surface area contributed by atoms with Crippen LogP contribution in [0.5, 0.6) is 0 Å². The Kier molecular flexibility index (Phi) is 4.20. The SMILES string of the molecule is COCC1OCC(C)[C@@H](C)[C@H]1N=[N+]=[N-]. The second kappa shape index (κ2) is 5.20. The van der Waals surface area contributed by atoms with Gasteiger partial charge < -0.3 is 9.47 Å². The zero-order valence-electron chi connectivity index (χ0n) is 8.88. The number of methoxy groups -OCH3 is 1. The number of nitrogens with zero attached hydrogens (tertiary/aromatic N) is 3. The van der Waals surface area contributed by atoms with Crippen molar-refractivity contribution < 1.29 is 9.47 Å². The van der Waals surface area contributed by atoms with Crippen molar-refractivity contribution in [1.82, 2.24) is 0 Å². The van der Waals surface area contributed by atoms with Crippen molar-refractivity contribution >= 4 is 0 Å². The van der Waals surface area contributed by atoms with Gasteiger partial charge in [0.15, 0.2) is 0 Å². The molecule has 0 aromatic carbocycles. The predicted octanol–water partition coefficient (Wildman–Crippen LogP) is 1.98. The highest BCUT2D eigenvalue weighted by atomic mass is 16.5. The van der Waals surface area contributed by atoms with Gasteiger partial charge in [0.25, 0.3) is 0 Å². The van der Waals surface area contributed by atoms with Gasteiger partial charge in [-0.15, -0.1) is 0 Å². The van der Waals surface area contributed by atoms with Gasteiger partial charge in [-0.25, -0.2) is 0 Å². The fraction of sp³-hybridized carbons (Fsp3) is 1.00. The summed E-state index contributed by atoms with van der Waals surface area (Å²) in [5.74, 6) is 0.776. The summed E-state index contributed by atoms with van der Waals surface area (Å²) in [6.45, 7) is 5.40. The summed E-state index contributed by atoms with van der Waals surface area (Å²) in [7, 11) is 1.62. The van der Waals surface area contributed by atoms with Crippen LogP contribution >= 0.6 is 0 Å². The van der Waals surface area contributed by atoms with Gasteiger partial charge in [-0.1, -0.05) is 19.0 Å². The minimum Gasteiger partial charge on any atom is -0.382 e. The lowest BCUT2D eigenvalue weighted by Gasteiger charge is -2.37. The molecule has 0 N–H and O–H groups in total. The van der Waals surface area contributed by atoms with Gasteiger partial charge in [-0.2, -0.15) is 0 Å². The molecule has 14 heavy (non-hydrogen) atoms. The molecule has 1 fully saturated rings. The van der Waals surface area contributed by atoms with Crippen LogP contribution in [0.25, 0.3) is 10.4 Å². The summed E-state index contributed by atoms with van der Waals surface area (Å²) in [5, 5.41) is 3.79. The first-order chi connectivity index (χ1) is 6.70. The maximum atomic E-state index is 8.47. The van der Waals surface area contributed by atoms with Crippen LogP contribution in [-0.4, -0.2) is 32.5 Å². The molecule has 1 heterocycles. The monoisotopic (exact) mass is 199 g/mol. The minimum absolute atomic E-state index is 0.0953. The maximum Gasteiger partial charge on any atom is 0.0895 e. The summed E-state index contributed by atoms with van der Waals surface area (Å²) in [5.41, 5.74) is 8.47. The van der Waals surface area contributed by atoms with Crippen molar-refractivity contribution in [2.75, 3.05) is 20.3 Å². The zero-order valence-corrected chi connectivity index (χ0v) is 8.88. The van der Waals surface area contributed by atoms with E-state index >= 15 is 0 Å². The number of rotatable bonds is 3. The summed E-state index contributed by atoms with van der Waals surface area (Å²) < 4.78 is 10.6. The molecule has 0 saturated carbocycles. The predicted molar refractivity (Wildman–Crippen MR) is 52.9 cm³/mol. The zero-order chi connectivity index (χ0) is 10.6. The number of azide groups is 1. The van der Waals surface area contributed by atoms with Crippen molar-refractivity contribution in [1.29, 1.82) is 0 Å². The van der Waals surface area contributed by atoms with Crippen LogP contribution in [0.15, 0.2) is 5.11 Å². The first-order valence-corrected chi connectivity index (χ1v) is 4.85. The Morgan fingerprint density at radius 3 is 2.86 bits per heavy atom. The number of ether oxygens (including phenoxy) is 2. The van der Waals surface area contributed by atoms with Crippen molar-refractivity contribution in [3.63, 3.8) is 0 Å². The Hall–Kier alpha value is -0.770. The molecule has 1 rings (SSSR count). The van der Waals surface area contributed by atoms with Gasteiger partial charge in [-0.05, 0) is 17.4 Å². The Balaban J connectivity index is 2.70. The normalized spacial score (nSPS) is 37.6. The molecular weight excluding hydrogens is 182 g/mol. The molecule has 0 radical (unpaired) electrons. The summed E-state index contributed by atoms with van der Waals surface area (Å²) in [6, 6.07) is -0.108. The highest BCUT2D eigenvalue weighted by Crippen LogP contribution is 2.28. The summed E-state index contributed by atoms with van der Waals surface area (Å²) in [6.07, 6.45) is -0.0953. The highest BCUT2D eigenvalue weighted by Gasteiger charge is 2.34. The largest absolute Gasteiger partial charge is 0.382 e. The van der Waals surface area contributed by atoms with Gasteiger partial charge in [0.1, 0.15) is 0 Å². The Bertz CT molecular complexity index is 228. The van der Waals surface area contributed by atoms with Crippen molar-refractivity contribution in [3.05, 3.63) is 10.4 Å². The molecule has 1 aliphatic heterocycles. The van der Waals surface area contributed by atoms with Crippen LogP contribution < -0.4 is 0 Å². The quantitative estimate of drug-likeness (QED) is 0.396. The van der Waals surface area contributed by atoms with E-state index in [2.05, 4.69) is 23.9 Å². The Morgan fingerprint density at radius 2 is 2.29 bits per heavy atom. The van der Waals surface area contributed by atoms with Crippen LogP contribution in [0.2, 0.25) is 0 Å². The van der Waals surface area contributed by atoms with Crippen LogP contribution in [0, 0.1) is 11.8 Å². The van der Waals surface area contributed by atoms with Gasteiger partial charge >= 0.3 is 0 Å². The van der Waals surface area contributed by atoms with E-state index in [-0.39, 0.29) is 12.1 Å². The van der Waals surface area contributed by atoms with Gasteiger partial charge in [0.2, 0.25) is 0 Å². The third-order valence-electron chi connectivity index (χ3n) is 2.91. The van der Waals surface area contributed by atoms with E-state index in [0.29, 0.717) is 25.0 Å². The second-order valence-electron chi connectivity index (χ2n) is 3.86. The third-order valence-corrected chi connectivity index (χ3v) is 2.91. The topological polar surface area (TPSA) is 67.2 Å². The molecule has 1 aliphatic rings. The fourth-order valence-electron chi connectivity index (χ4n) is 1.75. The lowest BCUT2D eigenvalue weighted by Crippen LogP contribution is -2.45. The fourth-order valence-corrected chi connectivity index (χ4v) is 1.75. The van der Waals surface area contributed by atoms with Gasteiger partial charge in [0.05, 0.1) is 18.8 Å². The van der Waals surface area contributed by atoms with E-state index in [0.717, 1.165) is 0 Å². The first kappa shape index (κ1) is 11.3.